The molecule has 0 radical (unpaired) electrons. The number of amides is 2. The Hall–Kier alpha value is -2.37. The van der Waals surface area contributed by atoms with Gasteiger partial charge in [-0.3, -0.25) is 4.68 Å². The monoisotopic (exact) mass is 358 g/mol. The van der Waals surface area contributed by atoms with Gasteiger partial charge in [0.2, 0.25) is 0 Å². The van der Waals surface area contributed by atoms with Crippen LogP contribution in [0.3, 0.4) is 0 Å². The molecular weight excluding hydrogens is 331 g/mol. The Kier molecular flexibility index (Phi) is 5.30. The molecule has 0 spiro atoms. The molecule has 1 atom stereocenters. The number of aromatic nitrogens is 2. The third-order valence-electron chi connectivity index (χ3n) is 5.10. The standard InChI is InChI=1S/C20H27FN4O/c1-14(12-25-16(3)10-15(2)24-25)11-22-19(26)23-13-20(8-9-20)17-4-6-18(21)7-5-17/h4-7,10,14H,8-9,11-13H2,1-3H3,(H2,22,23,26). The smallest absolute Gasteiger partial charge is 0.314 e. The highest BCUT2D eigenvalue weighted by Crippen LogP contribution is 2.47. The van der Waals surface area contributed by atoms with Crippen molar-refractivity contribution in [3.05, 3.63) is 53.1 Å². The third-order valence-corrected chi connectivity index (χ3v) is 5.10. The van der Waals surface area contributed by atoms with Crippen LogP contribution >= 0.6 is 0 Å². The maximum Gasteiger partial charge on any atom is 0.314 e. The molecule has 1 aromatic heterocycles. The lowest BCUT2D eigenvalue weighted by molar-refractivity contribution is 0.237. The summed E-state index contributed by atoms with van der Waals surface area (Å²) in [4.78, 5) is 12.1. The second-order valence-electron chi connectivity index (χ2n) is 7.57. The molecule has 26 heavy (non-hydrogen) atoms. The van der Waals surface area contributed by atoms with Crippen LogP contribution in [0.25, 0.3) is 0 Å². The molecule has 0 bridgehead atoms. The second kappa shape index (κ2) is 7.48. The Morgan fingerprint density at radius 1 is 1.27 bits per heavy atom. The SMILES string of the molecule is Cc1cc(C)n(CC(C)CNC(=O)NCC2(c3ccc(F)cc3)CC2)n1. The van der Waals surface area contributed by atoms with Gasteiger partial charge < -0.3 is 10.6 Å². The molecule has 5 nitrogen and oxygen atoms in total. The normalized spacial score (nSPS) is 16.2. The number of urea groups is 1. The highest BCUT2D eigenvalue weighted by atomic mass is 19.1. The van der Waals surface area contributed by atoms with Gasteiger partial charge in [0.1, 0.15) is 5.82 Å². The lowest BCUT2D eigenvalue weighted by atomic mass is 9.96. The minimum Gasteiger partial charge on any atom is -0.338 e. The summed E-state index contributed by atoms with van der Waals surface area (Å²) >= 11 is 0. The second-order valence-corrected chi connectivity index (χ2v) is 7.57. The van der Waals surface area contributed by atoms with Crippen LogP contribution < -0.4 is 10.6 Å². The summed E-state index contributed by atoms with van der Waals surface area (Å²) in [6.07, 6.45) is 2.04. The lowest BCUT2D eigenvalue weighted by Gasteiger charge is -2.18. The molecule has 1 unspecified atom stereocenters. The first kappa shape index (κ1) is 18.4. The molecule has 140 valence electrons. The van der Waals surface area contributed by atoms with E-state index in [0.29, 0.717) is 13.1 Å². The number of hydrogen-bond acceptors (Lipinski definition) is 2. The number of carbonyl (C=O) groups is 1. The van der Waals surface area contributed by atoms with Gasteiger partial charge in [0, 0.05) is 30.7 Å². The highest BCUT2D eigenvalue weighted by Gasteiger charge is 2.44. The molecule has 2 amide bonds. The number of rotatable bonds is 7. The first-order chi connectivity index (χ1) is 12.4. The van der Waals surface area contributed by atoms with Gasteiger partial charge in [-0.25, -0.2) is 9.18 Å². The van der Waals surface area contributed by atoms with E-state index in [1.807, 2.05) is 30.7 Å². The van der Waals surface area contributed by atoms with Crippen molar-refractivity contribution >= 4 is 6.03 Å². The summed E-state index contributed by atoms with van der Waals surface area (Å²) in [5.74, 6) is 0.0533. The molecule has 0 saturated heterocycles. The van der Waals surface area contributed by atoms with Crippen LogP contribution in [0.5, 0.6) is 0 Å². The van der Waals surface area contributed by atoms with Crippen molar-refractivity contribution in [3.63, 3.8) is 0 Å². The van der Waals surface area contributed by atoms with Gasteiger partial charge in [0.15, 0.2) is 0 Å². The van der Waals surface area contributed by atoms with Crippen molar-refractivity contribution in [2.24, 2.45) is 5.92 Å². The number of carbonyl (C=O) groups excluding carboxylic acids is 1. The summed E-state index contributed by atoms with van der Waals surface area (Å²) < 4.78 is 15.1. The molecule has 1 saturated carbocycles. The van der Waals surface area contributed by atoms with E-state index >= 15 is 0 Å². The fourth-order valence-electron chi connectivity index (χ4n) is 3.32. The van der Waals surface area contributed by atoms with Gasteiger partial charge in [-0.05, 0) is 56.4 Å². The van der Waals surface area contributed by atoms with Crippen molar-refractivity contribution in [1.82, 2.24) is 20.4 Å². The van der Waals surface area contributed by atoms with Crippen molar-refractivity contribution < 1.29 is 9.18 Å². The third kappa shape index (κ3) is 4.42. The number of hydrogen-bond donors (Lipinski definition) is 2. The molecule has 3 rings (SSSR count). The van der Waals surface area contributed by atoms with Crippen LogP contribution in [0.1, 0.15) is 36.7 Å². The predicted molar refractivity (Wildman–Crippen MR) is 99.6 cm³/mol. The summed E-state index contributed by atoms with van der Waals surface area (Å²) in [5, 5.41) is 10.4. The summed E-state index contributed by atoms with van der Waals surface area (Å²) in [5.41, 5.74) is 3.21. The Labute approximate surface area is 154 Å². The fraction of sp³-hybridized carbons (Fsp3) is 0.500. The van der Waals surface area contributed by atoms with Crippen molar-refractivity contribution in [3.8, 4) is 0 Å². The molecule has 1 aliphatic rings. The number of aryl methyl sites for hydroxylation is 2. The zero-order valence-electron chi connectivity index (χ0n) is 15.7. The Morgan fingerprint density at radius 3 is 2.54 bits per heavy atom. The topological polar surface area (TPSA) is 59.0 Å². The molecule has 6 heteroatoms. The van der Waals surface area contributed by atoms with E-state index in [4.69, 9.17) is 0 Å². The van der Waals surface area contributed by atoms with Crippen LogP contribution in [0, 0.1) is 25.6 Å². The first-order valence-corrected chi connectivity index (χ1v) is 9.17. The van der Waals surface area contributed by atoms with Crippen molar-refractivity contribution in [2.75, 3.05) is 13.1 Å². The van der Waals surface area contributed by atoms with E-state index in [0.717, 1.165) is 36.3 Å². The minimum atomic E-state index is -0.230. The highest BCUT2D eigenvalue weighted by molar-refractivity contribution is 5.74. The number of halogens is 1. The molecular formula is C20H27FN4O. The van der Waals surface area contributed by atoms with E-state index in [2.05, 4.69) is 28.7 Å². The minimum absolute atomic E-state index is 0.0274. The average molecular weight is 358 g/mol. The molecule has 0 aliphatic heterocycles. The summed E-state index contributed by atoms with van der Waals surface area (Å²) in [6.45, 7) is 8.06. The summed E-state index contributed by atoms with van der Waals surface area (Å²) in [7, 11) is 0. The average Bonchev–Trinajstić information content (AvgIpc) is 3.32. The molecule has 1 heterocycles. The Balaban J connectivity index is 1.43. The van der Waals surface area contributed by atoms with E-state index in [-0.39, 0.29) is 23.2 Å². The quantitative estimate of drug-likeness (QED) is 0.798. The number of benzene rings is 1. The molecule has 1 aromatic carbocycles. The van der Waals surface area contributed by atoms with Crippen LogP contribution in [-0.2, 0) is 12.0 Å². The number of nitrogens with zero attached hydrogens (tertiary/aromatic N) is 2. The molecule has 1 fully saturated rings. The molecule has 2 aromatic rings. The van der Waals surface area contributed by atoms with E-state index in [1.165, 1.54) is 12.1 Å². The van der Waals surface area contributed by atoms with Gasteiger partial charge in [0.25, 0.3) is 0 Å². The van der Waals surface area contributed by atoms with E-state index in [1.54, 1.807) is 0 Å². The van der Waals surface area contributed by atoms with Crippen LogP contribution in [0.4, 0.5) is 9.18 Å². The molecule has 2 N–H and O–H groups in total. The Morgan fingerprint density at radius 2 is 1.96 bits per heavy atom. The van der Waals surface area contributed by atoms with E-state index in [9.17, 15) is 9.18 Å². The first-order valence-electron chi connectivity index (χ1n) is 9.17. The fourth-order valence-corrected chi connectivity index (χ4v) is 3.32. The lowest BCUT2D eigenvalue weighted by Crippen LogP contribution is -2.41. The van der Waals surface area contributed by atoms with Gasteiger partial charge in [-0.2, -0.15) is 5.10 Å². The van der Waals surface area contributed by atoms with Crippen LogP contribution in [-0.4, -0.2) is 28.9 Å². The Bertz CT molecular complexity index is 765. The number of nitrogens with one attached hydrogen (secondary N) is 2. The van der Waals surface area contributed by atoms with Crippen molar-refractivity contribution in [1.29, 1.82) is 0 Å². The van der Waals surface area contributed by atoms with Crippen LogP contribution in [0.2, 0.25) is 0 Å². The predicted octanol–water partition coefficient (Wildman–Crippen LogP) is 3.31. The molecule has 1 aliphatic carbocycles. The van der Waals surface area contributed by atoms with Crippen LogP contribution in [0.15, 0.2) is 30.3 Å². The van der Waals surface area contributed by atoms with Gasteiger partial charge in [-0.1, -0.05) is 19.1 Å². The zero-order valence-corrected chi connectivity index (χ0v) is 15.7. The summed E-state index contributed by atoms with van der Waals surface area (Å²) in [6, 6.07) is 8.50. The van der Waals surface area contributed by atoms with E-state index < -0.39 is 0 Å². The van der Waals surface area contributed by atoms with Gasteiger partial charge in [-0.15, -0.1) is 0 Å². The maximum absolute atomic E-state index is 13.1. The maximum atomic E-state index is 13.1. The largest absolute Gasteiger partial charge is 0.338 e. The van der Waals surface area contributed by atoms with Gasteiger partial charge in [0.05, 0.1) is 5.69 Å². The van der Waals surface area contributed by atoms with Gasteiger partial charge >= 0.3 is 6.03 Å². The zero-order chi connectivity index (χ0) is 18.7. The van der Waals surface area contributed by atoms with Crippen molar-refractivity contribution in [2.45, 2.75) is 45.6 Å².